The van der Waals surface area contributed by atoms with Gasteiger partial charge in [0.15, 0.2) is 0 Å². The molecule has 0 aliphatic carbocycles. The molecule has 2 saturated heterocycles. The highest BCUT2D eigenvalue weighted by molar-refractivity contribution is 7.98. The lowest BCUT2D eigenvalue weighted by Gasteiger charge is -2.20. The SMILES string of the molecule is CSc1ccsc1C(=O)N1CC[C@@H]2CNC[C@@H]2CC1.Cl. The number of nitrogens with zero attached hydrogens (tertiary/aromatic N) is 1. The Hall–Kier alpha value is -0.230. The molecule has 1 aromatic heterocycles. The molecule has 20 heavy (non-hydrogen) atoms. The van der Waals surface area contributed by atoms with Gasteiger partial charge in [-0.25, -0.2) is 0 Å². The number of fused-ring (bicyclic) bond motifs is 1. The van der Waals surface area contributed by atoms with E-state index in [4.69, 9.17) is 0 Å². The minimum absolute atomic E-state index is 0. The van der Waals surface area contributed by atoms with Gasteiger partial charge in [0.05, 0.1) is 0 Å². The summed E-state index contributed by atoms with van der Waals surface area (Å²) in [7, 11) is 0. The van der Waals surface area contributed by atoms with E-state index in [-0.39, 0.29) is 18.3 Å². The number of halogens is 1. The van der Waals surface area contributed by atoms with Gasteiger partial charge >= 0.3 is 0 Å². The molecule has 3 rings (SSSR count). The lowest BCUT2D eigenvalue weighted by atomic mass is 9.92. The summed E-state index contributed by atoms with van der Waals surface area (Å²) in [6, 6.07) is 2.05. The van der Waals surface area contributed by atoms with E-state index in [1.165, 1.54) is 0 Å². The molecule has 2 atom stereocenters. The predicted molar refractivity (Wildman–Crippen MR) is 88.3 cm³/mol. The number of rotatable bonds is 2. The zero-order valence-corrected chi connectivity index (χ0v) is 14.1. The van der Waals surface area contributed by atoms with E-state index in [2.05, 4.69) is 16.3 Å². The Bertz CT molecular complexity index is 452. The van der Waals surface area contributed by atoms with Gasteiger partial charge in [-0.1, -0.05) is 0 Å². The second kappa shape index (κ2) is 7.16. The van der Waals surface area contributed by atoms with Gasteiger partial charge in [-0.2, -0.15) is 0 Å². The molecule has 3 nitrogen and oxygen atoms in total. The van der Waals surface area contributed by atoms with Crippen molar-refractivity contribution in [3.63, 3.8) is 0 Å². The van der Waals surface area contributed by atoms with Gasteiger partial charge in [0.1, 0.15) is 4.88 Å². The number of hydrogen-bond acceptors (Lipinski definition) is 4. The number of carbonyl (C=O) groups excluding carboxylic acids is 1. The molecule has 0 bridgehead atoms. The van der Waals surface area contributed by atoms with Crippen molar-refractivity contribution in [2.75, 3.05) is 32.4 Å². The molecule has 1 amide bonds. The van der Waals surface area contributed by atoms with Gasteiger partial charge in [-0.05, 0) is 55.5 Å². The summed E-state index contributed by atoms with van der Waals surface area (Å²) >= 11 is 3.25. The maximum atomic E-state index is 12.6. The van der Waals surface area contributed by atoms with Crippen molar-refractivity contribution < 1.29 is 4.79 Å². The molecule has 2 fully saturated rings. The second-order valence-electron chi connectivity index (χ2n) is 5.37. The highest BCUT2D eigenvalue weighted by Crippen LogP contribution is 2.30. The summed E-state index contributed by atoms with van der Waals surface area (Å²) in [5.74, 6) is 1.80. The molecule has 2 aliphatic heterocycles. The van der Waals surface area contributed by atoms with Crippen LogP contribution >= 0.6 is 35.5 Å². The summed E-state index contributed by atoms with van der Waals surface area (Å²) < 4.78 is 0. The van der Waals surface area contributed by atoms with Crippen molar-refractivity contribution in [1.82, 2.24) is 10.2 Å². The maximum absolute atomic E-state index is 12.6. The zero-order valence-electron chi connectivity index (χ0n) is 11.6. The zero-order chi connectivity index (χ0) is 13.2. The third-order valence-electron chi connectivity index (χ3n) is 4.35. The molecular formula is C14H21ClN2OS2. The van der Waals surface area contributed by atoms with Crippen LogP contribution in [0.4, 0.5) is 0 Å². The molecule has 0 aromatic carbocycles. The van der Waals surface area contributed by atoms with E-state index in [0.29, 0.717) is 0 Å². The van der Waals surface area contributed by atoms with Gasteiger partial charge < -0.3 is 10.2 Å². The summed E-state index contributed by atoms with van der Waals surface area (Å²) in [5, 5.41) is 5.50. The van der Waals surface area contributed by atoms with Crippen LogP contribution in [0.5, 0.6) is 0 Å². The molecule has 0 spiro atoms. The van der Waals surface area contributed by atoms with Gasteiger partial charge in [-0.3, -0.25) is 4.79 Å². The van der Waals surface area contributed by atoms with Crippen molar-refractivity contribution in [3.05, 3.63) is 16.3 Å². The Morgan fingerprint density at radius 2 is 2.00 bits per heavy atom. The maximum Gasteiger partial charge on any atom is 0.265 e. The van der Waals surface area contributed by atoms with E-state index >= 15 is 0 Å². The minimum Gasteiger partial charge on any atom is -0.338 e. The van der Waals surface area contributed by atoms with E-state index in [9.17, 15) is 4.79 Å². The number of nitrogens with one attached hydrogen (secondary N) is 1. The number of hydrogen-bond donors (Lipinski definition) is 1. The van der Waals surface area contributed by atoms with Crippen LogP contribution in [-0.2, 0) is 0 Å². The highest BCUT2D eigenvalue weighted by Gasteiger charge is 2.32. The molecule has 3 heterocycles. The molecular weight excluding hydrogens is 312 g/mol. The first kappa shape index (κ1) is 16.1. The largest absolute Gasteiger partial charge is 0.338 e. The number of thiophene rings is 1. The summed E-state index contributed by atoms with van der Waals surface area (Å²) in [6.07, 6.45) is 4.35. The van der Waals surface area contributed by atoms with Crippen molar-refractivity contribution in [3.8, 4) is 0 Å². The lowest BCUT2D eigenvalue weighted by Crippen LogP contribution is -2.32. The second-order valence-corrected chi connectivity index (χ2v) is 7.13. The summed E-state index contributed by atoms with van der Waals surface area (Å²) in [6.45, 7) is 4.13. The minimum atomic E-state index is 0. The van der Waals surface area contributed by atoms with Gasteiger partial charge in [0, 0.05) is 18.0 Å². The number of thioether (sulfide) groups is 1. The van der Waals surface area contributed by atoms with Crippen molar-refractivity contribution in [2.45, 2.75) is 17.7 Å². The molecule has 1 aromatic rings. The Kier molecular flexibility index (Phi) is 5.78. The van der Waals surface area contributed by atoms with Crippen LogP contribution < -0.4 is 5.32 Å². The Balaban J connectivity index is 0.00000147. The molecule has 2 aliphatic rings. The molecule has 1 N–H and O–H groups in total. The quantitative estimate of drug-likeness (QED) is 0.845. The van der Waals surface area contributed by atoms with Crippen LogP contribution in [0.15, 0.2) is 16.3 Å². The normalized spacial score (nSPS) is 25.8. The standard InChI is InChI=1S/C14H20N2OS2.ClH/c1-18-12-4-7-19-13(12)14(17)16-5-2-10-8-15-9-11(10)3-6-16;/h4,7,10-11,15H,2-3,5-6,8-9H2,1H3;1H/t10-,11+;. The number of carbonyl (C=O) groups is 1. The monoisotopic (exact) mass is 332 g/mol. The smallest absolute Gasteiger partial charge is 0.265 e. The predicted octanol–water partition coefficient (Wildman–Crippen LogP) is 2.96. The Morgan fingerprint density at radius 3 is 2.60 bits per heavy atom. The fourth-order valence-corrected chi connectivity index (χ4v) is 4.89. The molecule has 112 valence electrons. The van der Waals surface area contributed by atoms with E-state index < -0.39 is 0 Å². The van der Waals surface area contributed by atoms with Crippen LogP contribution in [-0.4, -0.2) is 43.2 Å². The van der Waals surface area contributed by atoms with Crippen LogP contribution in [0.25, 0.3) is 0 Å². The average molecular weight is 333 g/mol. The highest BCUT2D eigenvalue weighted by atomic mass is 35.5. The van der Waals surface area contributed by atoms with Crippen molar-refractivity contribution in [1.29, 1.82) is 0 Å². The number of likely N-dealkylation sites (tertiary alicyclic amines) is 1. The first-order valence-corrected chi connectivity index (χ1v) is 9.01. The third-order valence-corrected chi connectivity index (χ3v) is 6.16. The molecule has 6 heteroatoms. The Morgan fingerprint density at radius 1 is 1.35 bits per heavy atom. The van der Waals surface area contributed by atoms with Crippen LogP contribution in [0.3, 0.4) is 0 Å². The average Bonchev–Trinajstić information content (AvgIpc) is 3.03. The number of amides is 1. The van der Waals surface area contributed by atoms with Gasteiger partial charge in [0.2, 0.25) is 0 Å². The van der Waals surface area contributed by atoms with Crippen LogP contribution in [0.2, 0.25) is 0 Å². The van der Waals surface area contributed by atoms with Crippen LogP contribution in [0, 0.1) is 11.8 Å². The topological polar surface area (TPSA) is 32.3 Å². The molecule has 0 saturated carbocycles. The fraction of sp³-hybridized carbons (Fsp3) is 0.643. The lowest BCUT2D eigenvalue weighted by molar-refractivity contribution is 0.0760. The summed E-state index contributed by atoms with van der Waals surface area (Å²) in [5.41, 5.74) is 0. The van der Waals surface area contributed by atoms with Crippen molar-refractivity contribution in [2.24, 2.45) is 11.8 Å². The van der Waals surface area contributed by atoms with Crippen LogP contribution in [0.1, 0.15) is 22.5 Å². The van der Waals surface area contributed by atoms with Crippen molar-refractivity contribution >= 4 is 41.4 Å². The van der Waals surface area contributed by atoms with E-state index in [1.54, 1.807) is 23.1 Å². The molecule has 0 unspecified atom stereocenters. The van der Waals surface area contributed by atoms with E-state index in [1.807, 2.05) is 11.6 Å². The van der Waals surface area contributed by atoms with E-state index in [0.717, 1.165) is 60.6 Å². The van der Waals surface area contributed by atoms with Gasteiger partial charge in [-0.15, -0.1) is 35.5 Å². The van der Waals surface area contributed by atoms with Gasteiger partial charge in [0.25, 0.3) is 5.91 Å². The fourth-order valence-electron chi connectivity index (χ4n) is 3.18. The third kappa shape index (κ3) is 3.16. The first-order valence-electron chi connectivity index (χ1n) is 6.91. The summed E-state index contributed by atoms with van der Waals surface area (Å²) in [4.78, 5) is 16.7. The molecule has 0 radical (unpaired) electrons. The first-order chi connectivity index (χ1) is 9.29. The Labute approximate surface area is 134 Å².